The van der Waals surface area contributed by atoms with Crippen molar-refractivity contribution in [1.82, 2.24) is 19.8 Å². The lowest BCUT2D eigenvalue weighted by Crippen LogP contribution is -2.36. The second kappa shape index (κ2) is 6.60. The summed E-state index contributed by atoms with van der Waals surface area (Å²) in [6.45, 7) is 0.922. The fraction of sp³-hybridized carbons (Fsp3) is 0.250. The lowest BCUT2D eigenvalue weighted by Gasteiger charge is -2.17. The summed E-state index contributed by atoms with van der Waals surface area (Å²) in [4.78, 5) is 18.3. The molecule has 1 aromatic carbocycles. The van der Waals surface area contributed by atoms with Crippen molar-refractivity contribution >= 4 is 39.2 Å². The number of para-hydroxylation sites is 1. The highest BCUT2D eigenvalue weighted by Gasteiger charge is 2.12. The molecule has 0 bridgehead atoms. The first kappa shape index (κ1) is 15.8. The van der Waals surface area contributed by atoms with Crippen molar-refractivity contribution in [3.05, 3.63) is 52.3 Å². The topological polar surface area (TPSA) is 50.2 Å². The van der Waals surface area contributed by atoms with Crippen LogP contribution in [0.4, 0.5) is 4.79 Å². The average Bonchev–Trinajstić information content (AvgIpc) is 3.07. The minimum atomic E-state index is -0.137. The molecule has 2 aromatic heterocycles. The monoisotopic (exact) mass is 348 g/mol. The minimum absolute atomic E-state index is 0.137. The van der Waals surface area contributed by atoms with Crippen molar-refractivity contribution in [3.8, 4) is 0 Å². The Morgan fingerprint density at radius 3 is 2.91 bits per heavy atom. The fourth-order valence-electron chi connectivity index (χ4n) is 2.32. The van der Waals surface area contributed by atoms with Crippen LogP contribution in [0.15, 0.2) is 36.5 Å². The predicted octanol–water partition coefficient (Wildman–Crippen LogP) is 3.63. The molecule has 0 radical (unpaired) electrons. The molecule has 0 spiro atoms. The van der Waals surface area contributed by atoms with Gasteiger partial charge in [-0.05, 0) is 18.2 Å². The zero-order chi connectivity index (χ0) is 16.4. The minimum Gasteiger partial charge on any atom is -0.351 e. The second-order valence-electron chi connectivity index (χ2n) is 5.35. The number of hydrogen-bond donors (Lipinski definition) is 1. The highest BCUT2D eigenvalue weighted by molar-refractivity contribution is 7.18. The smallest absolute Gasteiger partial charge is 0.317 e. The van der Waals surface area contributed by atoms with Gasteiger partial charge in [-0.15, -0.1) is 11.3 Å². The highest BCUT2D eigenvalue weighted by atomic mass is 35.5. The molecule has 0 fully saturated rings. The molecule has 2 heterocycles. The van der Waals surface area contributed by atoms with E-state index in [1.54, 1.807) is 23.3 Å². The number of aromatic nitrogens is 2. The first-order valence-electron chi connectivity index (χ1n) is 7.17. The number of nitrogens with one attached hydrogen (secondary N) is 1. The van der Waals surface area contributed by atoms with Crippen molar-refractivity contribution in [2.45, 2.75) is 13.1 Å². The van der Waals surface area contributed by atoms with Gasteiger partial charge in [0.25, 0.3) is 0 Å². The number of fused-ring (bicyclic) bond motifs is 1. The number of rotatable bonds is 4. The molecule has 0 aliphatic heterocycles. The largest absolute Gasteiger partial charge is 0.351 e. The lowest BCUT2D eigenvalue weighted by molar-refractivity contribution is 0.205. The van der Waals surface area contributed by atoms with Crippen molar-refractivity contribution in [2.75, 3.05) is 7.05 Å². The molecule has 0 atom stereocenters. The van der Waals surface area contributed by atoms with E-state index in [1.807, 2.05) is 48.1 Å². The molecule has 3 aromatic rings. The summed E-state index contributed by atoms with van der Waals surface area (Å²) in [5.74, 6) is 0. The van der Waals surface area contributed by atoms with Gasteiger partial charge >= 0.3 is 6.03 Å². The molecule has 0 saturated carbocycles. The molecule has 120 valence electrons. The summed E-state index contributed by atoms with van der Waals surface area (Å²) < 4.78 is 3.04. The highest BCUT2D eigenvalue weighted by Crippen LogP contribution is 2.21. The Morgan fingerprint density at radius 2 is 2.22 bits per heavy atom. The van der Waals surface area contributed by atoms with Crippen LogP contribution in [0.5, 0.6) is 0 Å². The Bertz CT molecular complexity index is 809. The van der Waals surface area contributed by atoms with Gasteiger partial charge in [-0.1, -0.05) is 23.7 Å². The van der Waals surface area contributed by atoms with E-state index in [2.05, 4.69) is 10.3 Å². The van der Waals surface area contributed by atoms with Gasteiger partial charge in [0.15, 0.2) is 0 Å². The van der Waals surface area contributed by atoms with E-state index in [4.69, 9.17) is 11.6 Å². The van der Waals surface area contributed by atoms with Gasteiger partial charge in [0.2, 0.25) is 0 Å². The number of carbonyl (C=O) groups excluding carboxylic acids is 1. The average molecular weight is 349 g/mol. The van der Waals surface area contributed by atoms with Crippen LogP contribution in [0.2, 0.25) is 5.02 Å². The normalized spacial score (nSPS) is 10.9. The van der Waals surface area contributed by atoms with E-state index in [0.717, 1.165) is 20.9 Å². The van der Waals surface area contributed by atoms with Crippen molar-refractivity contribution in [2.24, 2.45) is 7.05 Å². The number of urea groups is 1. The quantitative estimate of drug-likeness (QED) is 0.782. The van der Waals surface area contributed by atoms with Crippen LogP contribution in [-0.4, -0.2) is 27.5 Å². The summed E-state index contributed by atoms with van der Waals surface area (Å²) in [6.07, 6.45) is 1.82. The number of aryl methyl sites for hydroxylation is 1. The standard InChI is InChI=1S/C16H17ClN4OS/c1-20-9-11(17)7-12(20)10-21(2)16(22)18-8-15-19-13-5-3-4-6-14(13)23-15/h3-7,9H,8,10H2,1-2H3,(H,18,22). The van der Waals surface area contributed by atoms with Crippen molar-refractivity contribution in [1.29, 1.82) is 0 Å². The number of hydrogen-bond acceptors (Lipinski definition) is 3. The van der Waals surface area contributed by atoms with E-state index in [1.165, 1.54) is 0 Å². The molecular weight excluding hydrogens is 332 g/mol. The summed E-state index contributed by atoms with van der Waals surface area (Å²) >= 11 is 7.56. The van der Waals surface area contributed by atoms with Gasteiger partial charge in [0.1, 0.15) is 5.01 Å². The molecule has 0 saturated heterocycles. The number of amides is 2. The van der Waals surface area contributed by atoms with E-state index < -0.39 is 0 Å². The number of carbonyl (C=O) groups is 1. The Balaban J connectivity index is 1.59. The molecule has 0 aliphatic rings. The van der Waals surface area contributed by atoms with Crippen molar-refractivity contribution < 1.29 is 4.79 Å². The third kappa shape index (κ3) is 3.65. The molecule has 0 aliphatic carbocycles. The Morgan fingerprint density at radius 1 is 1.43 bits per heavy atom. The number of thiazole rings is 1. The van der Waals surface area contributed by atoms with Crippen LogP contribution in [0.1, 0.15) is 10.7 Å². The Labute approximate surface area is 143 Å². The van der Waals surface area contributed by atoms with Crippen LogP contribution in [-0.2, 0) is 20.1 Å². The van der Waals surface area contributed by atoms with E-state index in [-0.39, 0.29) is 6.03 Å². The number of benzene rings is 1. The maximum absolute atomic E-state index is 12.2. The third-order valence-electron chi connectivity index (χ3n) is 3.55. The van der Waals surface area contributed by atoms with Crippen LogP contribution in [0, 0.1) is 0 Å². The van der Waals surface area contributed by atoms with Gasteiger partial charge in [0.05, 0.1) is 28.3 Å². The first-order valence-corrected chi connectivity index (χ1v) is 8.36. The first-order chi connectivity index (χ1) is 11.0. The molecule has 23 heavy (non-hydrogen) atoms. The maximum Gasteiger partial charge on any atom is 0.317 e. The van der Waals surface area contributed by atoms with Crippen LogP contribution in [0.25, 0.3) is 10.2 Å². The van der Waals surface area contributed by atoms with Gasteiger partial charge in [-0.2, -0.15) is 0 Å². The zero-order valence-corrected chi connectivity index (χ0v) is 14.5. The third-order valence-corrected chi connectivity index (χ3v) is 4.79. The molecule has 7 heteroatoms. The van der Waals surface area contributed by atoms with Crippen LogP contribution in [0.3, 0.4) is 0 Å². The SMILES string of the molecule is CN(Cc1cc(Cl)cn1C)C(=O)NCc1nc2ccccc2s1. The van der Waals surface area contributed by atoms with Gasteiger partial charge in [-0.25, -0.2) is 9.78 Å². The fourth-order valence-corrected chi connectivity index (χ4v) is 3.50. The summed E-state index contributed by atoms with van der Waals surface area (Å²) in [6, 6.07) is 9.68. The van der Waals surface area contributed by atoms with Crippen LogP contribution >= 0.6 is 22.9 Å². The van der Waals surface area contributed by atoms with Crippen molar-refractivity contribution in [3.63, 3.8) is 0 Å². The molecule has 3 rings (SSSR count). The number of halogens is 1. The van der Waals surface area contributed by atoms with Gasteiger partial charge in [-0.3, -0.25) is 0 Å². The second-order valence-corrected chi connectivity index (χ2v) is 6.90. The molecule has 5 nitrogen and oxygen atoms in total. The van der Waals surface area contributed by atoms with E-state index >= 15 is 0 Å². The Hall–Kier alpha value is -2.05. The lowest BCUT2D eigenvalue weighted by atomic mass is 10.3. The molecule has 2 amide bonds. The maximum atomic E-state index is 12.2. The molecular formula is C16H17ClN4OS. The van der Waals surface area contributed by atoms with E-state index in [0.29, 0.717) is 18.1 Å². The van der Waals surface area contributed by atoms with Crippen LogP contribution < -0.4 is 5.32 Å². The zero-order valence-electron chi connectivity index (χ0n) is 12.9. The predicted molar refractivity (Wildman–Crippen MR) is 93.7 cm³/mol. The summed E-state index contributed by atoms with van der Waals surface area (Å²) in [5.41, 5.74) is 1.95. The van der Waals surface area contributed by atoms with E-state index in [9.17, 15) is 4.79 Å². The number of nitrogens with zero attached hydrogens (tertiary/aromatic N) is 3. The van der Waals surface area contributed by atoms with Gasteiger partial charge < -0.3 is 14.8 Å². The Kier molecular flexibility index (Phi) is 4.54. The van der Waals surface area contributed by atoms with Gasteiger partial charge in [0, 0.05) is 26.0 Å². The summed E-state index contributed by atoms with van der Waals surface area (Å²) in [7, 11) is 3.67. The summed E-state index contributed by atoms with van der Waals surface area (Å²) in [5, 5.41) is 4.47. The molecule has 1 N–H and O–H groups in total. The molecule has 0 unspecified atom stereocenters.